The second-order valence-electron chi connectivity index (χ2n) is 5.03. The molecule has 0 saturated heterocycles. The van der Waals surface area contributed by atoms with Crippen molar-refractivity contribution < 1.29 is 9.53 Å². The molecule has 0 saturated carbocycles. The van der Waals surface area contributed by atoms with Crippen molar-refractivity contribution in [2.24, 2.45) is 0 Å². The fourth-order valence-electron chi connectivity index (χ4n) is 1.66. The van der Waals surface area contributed by atoms with Crippen molar-refractivity contribution >= 4 is 19.7 Å². The van der Waals surface area contributed by atoms with Crippen molar-refractivity contribution in [2.75, 3.05) is 6.54 Å². The first kappa shape index (κ1) is 11.9. The summed E-state index contributed by atoms with van der Waals surface area (Å²) >= 11 is 0. The van der Waals surface area contributed by atoms with E-state index in [1.54, 1.807) is 9.47 Å². The molecule has 0 unspecified atom stereocenters. The van der Waals surface area contributed by atoms with Crippen molar-refractivity contribution in [2.45, 2.75) is 39.5 Å². The van der Waals surface area contributed by atoms with Crippen molar-refractivity contribution in [1.29, 1.82) is 0 Å². The van der Waals surface area contributed by atoms with E-state index in [2.05, 4.69) is 10.2 Å². The van der Waals surface area contributed by atoms with Gasteiger partial charge in [0, 0.05) is 13.1 Å². The Morgan fingerprint density at radius 1 is 1.35 bits per heavy atom. The van der Waals surface area contributed by atoms with E-state index in [4.69, 9.17) is 12.6 Å². The van der Waals surface area contributed by atoms with Crippen LogP contribution in [0.2, 0.25) is 0 Å². The minimum Gasteiger partial charge on any atom is -0.444 e. The molecule has 1 aliphatic rings. The average molecular weight is 234 g/mol. The molecule has 2 heterocycles. The number of fused-ring (bicyclic) bond motifs is 1. The molecule has 0 spiro atoms. The van der Waals surface area contributed by atoms with E-state index in [-0.39, 0.29) is 6.09 Å². The summed E-state index contributed by atoms with van der Waals surface area (Å²) in [4.78, 5) is 13.5. The zero-order valence-corrected chi connectivity index (χ0v) is 10.3. The van der Waals surface area contributed by atoms with Crippen LogP contribution >= 0.6 is 0 Å². The lowest BCUT2D eigenvalue weighted by Crippen LogP contribution is -2.43. The Labute approximate surface area is 101 Å². The van der Waals surface area contributed by atoms with E-state index in [1.807, 2.05) is 20.8 Å². The van der Waals surface area contributed by atoms with Gasteiger partial charge in [0.15, 0.2) is 13.7 Å². The highest BCUT2D eigenvalue weighted by molar-refractivity contribution is 6.29. The molecule has 17 heavy (non-hydrogen) atoms. The summed E-state index contributed by atoms with van der Waals surface area (Å²) in [6.45, 7) is 7.08. The smallest absolute Gasteiger partial charge is 0.410 e. The fraction of sp³-hybridized carbons (Fsp3) is 0.700. The van der Waals surface area contributed by atoms with Gasteiger partial charge in [-0.3, -0.25) is 4.90 Å². The molecular weight excluding hydrogens is 219 g/mol. The van der Waals surface area contributed by atoms with Gasteiger partial charge in [0.1, 0.15) is 5.60 Å². The summed E-state index contributed by atoms with van der Waals surface area (Å²) < 4.78 is 7.10. The van der Waals surface area contributed by atoms with Crippen LogP contribution in [0.5, 0.6) is 0 Å². The minimum absolute atomic E-state index is 0.328. The second kappa shape index (κ2) is 4.05. The van der Waals surface area contributed by atoms with Gasteiger partial charge in [-0.1, -0.05) is 0 Å². The Kier molecular flexibility index (Phi) is 2.85. The molecule has 0 aromatic carbocycles. The van der Waals surface area contributed by atoms with Crippen LogP contribution in [0.4, 0.5) is 4.79 Å². The van der Waals surface area contributed by atoms with E-state index in [0.717, 1.165) is 0 Å². The van der Waals surface area contributed by atoms with Crippen LogP contribution in [0, 0.1) is 0 Å². The number of amides is 1. The molecule has 7 heteroatoms. The summed E-state index contributed by atoms with van der Waals surface area (Å²) in [6.07, 6.45) is -0.328. The lowest BCUT2D eigenvalue weighted by molar-refractivity contribution is 0.0196. The normalized spacial score (nSPS) is 15.6. The Bertz CT molecular complexity index is 438. The van der Waals surface area contributed by atoms with Crippen LogP contribution in [0.15, 0.2) is 0 Å². The van der Waals surface area contributed by atoms with Gasteiger partial charge in [0.25, 0.3) is 0 Å². The van der Waals surface area contributed by atoms with Crippen LogP contribution in [0.3, 0.4) is 0 Å². The number of aromatic nitrogens is 3. The first-order chi connectivity index (χ1) is 7.87. The zero-order valence-electron chi connectivity index (χ0n) is 10.3. The Morgan fingerprint density at radius 3 is 2.71 bits per heavy atom. The molecule has 1 amide bonds. The quantitative estimate of drug-likeness (QED) is 0.584. The third-order valence-electron chi connectivity index (χ3n) is 2.43. The standard InChI is InChI=1S/C10H15BN4O2/c1-10(2,3)17-9(16)14-4-5-15-7(6-14)12-13-8(15)11/h4-6H2,1-3H3. The highest BCUT2D eigenvalue weighted by atomic mass is 16.6. The molecule has 0 aliphatic carbocycles. The Balaban J connectivity index is 2.05. The molecule has 90 valence electrons. The number of carbonyl (C=O) groups is 1. The van der Waals surface area contributed by atoms with E-state index >= 15 is 0 Å². The zero-order chi connectivity index (χ0) is 12.6. The van der Waals surface area contributed by atoms with Gasteiger partial charge in [0.05, 0.1) is 12.3 Å². The van der Waals surface area contributed by atoms with Gasteiger partial charge < -0.3 is 9.30 Å². The van der Waals surface area contributed by atoms with Gasteiger partial charge in [-0.25, -0.2) is 4.79 Å². The molecular formula is C10H15BN4O2. The lowest BCUT2D eigenvalue weighted by Gasteiger charge is -2.30. The molecule has 0 atom stereocenters. The van der Waals surface area contributed by atoms with Crippen LogP contribution in [-0.2, 0) is 17.8 Å². The number of carbonyl (C=O) groups excluding carboxylic acids is 1. The van der Waals surface area contributed by atoms with Crippen LogP contribution < -0.4 is 5.72 Å². The minimum atomic E-state index is -0.485. The average Bonchev–Trinajstić information content (AvgIpc) is 2.57. The van der Waals surface area contributed by atoms with Crippen LogP contribution in [0.25, 0.3) is 0 Å². The van der Waals surface area contributed by atoms with E-state index in [1.165, 1.54) is 0 Å². The Hall–Kier alpha value is -1.53. The fourth-order valence-corrected chi connectivity index (χ4v) is 1.66. The summed E-state index contributed by atoms with van der Waals surface area (Å²) in [6, 6.07) is 0. The first-order valence-corrected chi connectivity index (χ1v) is 5.52. The van der Waals surface area contributed by atoms with Gasteiger partial charge in [-0.15, -0.1) is 10.2 Å². The number of ether oxygens (including phenoxy) is 1. The maximum atomic E-state index is 11.8. The van der Waals surface area contributed by atoms with Crippen molar-refractivity contribution in [1.82, 2.24) is 19.7 Å². The van der Waals surface area contributed by atoms with E-state index in [0.29, 0.717) is 31.2 Å². The highest BCUT2D eigenvalue weighted by Gasteiger charge is 2.27. The summed E-state index contributed by atoms with van der Waals surface area (Å²) in [7, 11) is 5.64. The number of rotatable bonds is 0. The molecule has 0 N–H and O–H groups in total. The van der Waals surface area contributed by atoms with Gasteiger partial charge in [-0.05, 0) is 20.8 Å². The van der Waals surface area contributed by atoms with Crippen LogP contribution in [0.1, 0.15) is 26.6 Å². The molecule has 2 radical (unpaired) electrons. The predicted octanol–water partition coefficient (Wildman–Crippen LogP) is -0.177. The monoisotopic (exact) mass is 234 g/mol. The Morgan fingerprint density at radius 2 is 2.06 bits per heavy atom. The second-order valence-corrected chi connectivity index (χ2v) is 5.03. The summed E-state index contributed by atoms with van der Waals surface area (Å²) in [5.74, 6) is 0.694. The number of nitrogens with zero attached hydrogens (tertiary/aromatic N) is 4. The van der Waals surface area contributed by atoms with Gasteiger partial charge >= 0.3 is 6.09 Å². The lowest BCUT2D eigenvalue weighted by atomic mass is 10.1. The van der Waals surface area contributed by atoms with Gasteiger partial charge in [-0.2, -0.15) is 0 Å². The molecule has 0 fully saturated rings. The molecule has 1 aliphatic heterocycles. The highest BCUT2D eigenvalue weighted by Crippen LogP contribution is 2.14. The third kappa shape index (κ3) is 2.59. The number of hydrogen-bond acceptors (Lipinski definition) is 4. The molecule has 2 rings (SSSR count). The molecule has 1 aromatic heterocycles. The SMILES string of the molecule is [B]c1nnc2n1CCN(C(=O)OC(C)(C)C)C2. The van der Waals surface area contributed by atoms with Crippen molar-refractivity contribution in [3.8, 4) is 0 Å². The maximum absolute atomic E-state index is 11.8. The molecule has 6 nitrogen and oxygen atoms in total. The summed E-state index contributed by atoms with van der Waals surface area (Å²) in [5.41, 5.74) is -0.0924. The topological polar surface area (TPSA) is 60.2 Å². The van der Waals surface area contributed by atoms with E-state index in [9.17, 15) is 4.79 Å². The number of hydrogen-bond donors (Lipinski definition) is 0. The predicted molar refractivity (Wildman–Crippen MR) is 62.1 cm³/mol. The van der Waals surface area contributed by atoms with Gasteiger partial charge in [0.2, 0.25) is 0 Å². The largest absolute Gasteiger partial charge is 0.444 e. The van der Waals surface area contributed by atoms with Crippen molar-refractivity contribution in [3.05, 3.63) is 5.82 Å². The molecule has 1 aromatic rings. The molecule has 0 bridgehead atoms. The maximum Gasteiger partial charge on any atom is 0.410 e. The summed E-state index contributed by atoms with van der Waals surface area (Å²) in [5, 5.41) is 7.70. The van der Waals surface area contributed by atoms with E-state index < -0.39 is 5.60 Å². The first-order valence-electron chi connectivity index (χ1n) is 5.52. The van der Waals surface area contributed by atoms with Crippen LogP contribution in [-0.4, -0.2) is 45.7 Å². The third-order valence-corrected chi connectivity index (χ3v) is 2.43. The van der Waals surface area contributed by atoms with Crippen molar-refractivity contribution in [3.63, 3.8) is 0 Å².